The lowest BCUT2D eigenvalue weighted by Gasteiger charge is -2.17. The molecule has 0 heterocycles. The van der Waals surface area contributed by atoms with Gasteiger partial charge in [0.15, 0.2) is 0 Å². The predicted octanol–water partition coefficient (Wildman–Crippen LogP) is 2.31. The number of hydrogen-bond donors (Lipinski definition) is 3. The average molecular weight is 315 g/mol. The van der Waals surface area contributed by atoms with Crippen LogP contribution in [-0.4, -0.2) is 36.0 Å². The lowest BCUT2D eigenvalue weighted by molar-refractivity contribution is 0.170. The summed E-state index contributed by atoms with van der Waals surface area (Å²) in [4.78, 5) is 0. The number of rotatable bonds is 9. The highest BCUT2D eigenvalue weighted by atomic mass is 16.5. The second-order valence-electron chi connectivity index (χ2n) is 5.66. The van der Waals surface area contributed by atoms with E-state index in [1.165, 1.54) is 5.56 Å². The summed E-state index contributed by atoms with van der Waals surface area (Å²) < 4.78 is 5.34. The molecule has 1 unspecified atom stereocenters. The first-order valence-electron chi connectivity index (χ1n) is 7.98. The third kappa shape index (κ3) is 6.02. The summed E-state index contributed by atoms with van der Waals surface area (Å²) in [6.45, 7) is 2.97. The lowest BCUT2D eigenvalue weighted by atomic mass is 10.1. The van der Waals surface area contributed by atoms with Gasteiger partial charge >= 0.3 is 0 Å². The van der Waals surface area contributed by atoms with Crippen molar-refractivity contribution in [3.8, 4) is 5.75 Å². The van der Waals surface area contributed by atoms with Gasteiger partial charge in [-0.1, -0.05) is 42.5 Å². The van der Waals surface area contributed by atoms with Gasteiger partial charge in [0.1, 0.15) is 12.4 Å². The van der Waals surface area contributed by atoms with Gasteiger partial charge < -0.3 is 20.3 Å². The minimum Gasteiger partial charge on any atom is -0.491 e. The minimum absolute atomic E-state index is 0.0203. The van der Waals surface area contributed by atoms with Crippen LogP contribution in [0.15, 0.2) is 54.6 Å². The molecule has 3 N–H and O–H groups in total. The van der Waals surface area contributed by atoms with Crippen LogP contribution in [0.5, 0.6) is 5.75 Å². The molecule has 0 amide bonds. The van der Waals surface area contributed by atoms with Crippen LogP contribution < -0.4 is 10.1 Å². The molecule has 0 fully saturated rings. The van der Waals surface area contributed by atoms with Gasteiger partial charge in [-0.25, -0.2) is 0 Å². The van der Waals surface area contributed by atoms with Gasteiger partial charge in [0.25, 0.3) is 0 Å². The summed E-state index contributed by atoms with van der Waals surface area (Å²) in [6.07, 6.45) is 0.384. The number of aliphatic hydroxyl groups excluding tert-OH is 2. The van der Waals surface area contributed by atoms with Crippen molar-refractivity contribution in [3.05, 3.63) is 65.7 Å². The van der Waals surface area contributed by atoms with Crippen molar-refractivity contribution in [3.63, 3.8) is 0 Å². The summed E-state index contributed by atoms with van der Waals surface area (Å²) in [5.41, 5.74) is 2.13. The number of benzene rings is 2. The van der Waals surface area contributed by atoms with Crippen LogP contribution in [-0.2, 0) is 6.42 Å². The van der Waals surface area contributed by atoms with Crippen molar-refractivity contribution in [1.82, 2.24) is 5.32 Å². The van der Waals surface area contributed by atoms with Crippen LogP contribution in [0.4, 0.5) is 0 Å². The standard InChI is InChI=1S/C19H25NO3/c1-15(20-14-19(22)17-5-3-2-4-6-17)13-16-7-9-18(10-8-16)23-12-11-21/h2-10,15,19-22H,11-14H2,1H3/t15?,19-/m0/s1. The van der Waals surface area contributed by atoms with Crippen LogP contribution >= 0.6 is 0 Å². The van der Waals surface area contributed by atoms with Crippen molar-refractivity contribution < 1.29 is 14.9 Å². The molecule has 23 heavy (non-hydrogen) atoms. The lowest BCUT2D eigenvalue weighted by Crippen LogP contribution is -2.32. The van der Waals surface area contributed by atoms with E-state index in [0.29, 0.717) is 13.2 Å². The van der Waals surface area contributed by atoms with E-state index in [9.17, 15) is 5.11 Å². The monoisotopic (exact) mass is 315 g/mol. The van der Waals surface area contributed by atoms with E-state index < -0.39 is 6.10 Å². The van der Waals surface area contributed by atoms with Gasteiger partial charge in [-0.15, -0.1) is 0 Å². The Bertz CT molecular complexity index is 557. The molecule has 4 heteroatoms. The Morgan fingerprint density at radius 2 is 1.74 bits per heavy atom. The van der Waals surface area contributed by atoms with Gasteiger partial charge in [-0.05, 0) is 36.6 Å². The van der Waals surface area contributed by atoms with Crippen LogP contribution in [0.2, 0.25) is 0 Å². The van der Waals surface area contributed by atoms with Gasteiger partial charge in [0.05, 0.1) is 12.7 Å². The number of nitrogens with one attached hydrogen (secondary N) is 1. The molecule has 0 aromatic heterocycles. The molecule has 2 rings (SSSR count). The van der Waals surface area contributed by atoms with Gasteiger partial charge in [-0.2, -0.15) is 0 Å². The third-order valence-electron chi connectivity index (χ3n) is 3.67. The van der Waals surface area contributed by atoms with Crippen LogP contribution in [0, 0.1) is 0 Å². The maximum atomic E-state index is 10.2. The number of hydrogen-bond acceptors (Lipinski definition) is 4. The maximum Gasteiger partial charge on any atom is 0.119 e. The summed E-state index contributed by atoms with van der Waals surface area (Å²) in [5, 5.41) is 22.3. The van der Waals surface area contributed by atoms with E-state index in [1.807, 2.05) is 54.6 Å². The summed E-state index contributed by atoms with van der Waals surface area (Å²) in [5.74, 6) is 0.767. The van der Waals surface area contributed by atoms with Gasteiger partial charge in [0, 0.05) is 12.6 Å². The SMILES string of the molecule is CC(Cc1ccc(OCCO)cc1)NC[C@H](O)c1ccccc1. The fourth-order valence-electron chi connectivity index (χ4n) is 2.42. The molecule has 2 atom stereocenters. The first kappa shape index (κ1) is 17.5. The zero-order valence-electron chi connectivity index (χ0n) is 13.5. The first-order valence-corrected chi connectivity index (χ1v) is 7.98. The zero-order valence-corrected chi connectivity index (χ0v) is 13.5. The molecule has 2 aromatic carbocycles. The van der Waals surface area contributed by atoms with Gasteiger partial charge in [-0.3, -0.25) is 0 Å². The molecule has 0 aliphatic carbocycles. The normalized spacial score (nSPS) is 13.5. The van der Waals surface area contributed by atoms with Crippen molar-refractivity contribution in [2.24, 2.45) is 0 Å². The smallest absolute Gasteiger partial charge is 0.119 e. The van der Waals surface area contributed by atoms with E-state index in [4.69, 9.17) is 9.84 Å². The first-order chi connectivity index (χ1) is 11.2. The molecule has 4 nitrogen and oxygen atoms in total. The highest BCUT2D eigenvalue weighted by Crippen LogP contribution is 2.14. The molecular formula is C19H25NO3. The molecule has 2 aromatic rings. The fourth-order valence-corrected chi connectivity index (χ4v) is 2.42. The summed E-state index contributed by atoms with van der Waals surface area (Å²) in [6, 6.07) is 17.8. The Hall–Kier alpha value is -1.88. The van der Waals surface area contributed by atoms with Crippen molar-refractivity contribution in [2.75, 3.05) is 19.8 Å². The zero-order chi connectivity index (χ0) is 16.5. The van der Waals surface area contributed by atoms with Crippen LogP contribution in [0.25, 0.3) is 0 Å². The molecule has 0 aliphatic rings. The van der Waals surface area contributed by atoms with Crippen LogP contribution in [0.1, 0.15) is 24.2 Å². The van der Waals surface area contributed by atoms with Crippen molar-refractivity contribution in [1.29, 1.82) is 0 Å². The Labute approximate surface area is 137 Å². The van der Waals surface area contributed by atoms with Crippen molar-refractivity contribution in [2.45, 2.75) is 25.5 Å². The molecule has 0 bridgehead atoms. The average Bonchev–Trinajstić information content (AvgIpc) is 2.60. The second kappa shape index (κ2) is 9.30. The Morgan fingerprint density at radius 3 is 2.39 bits per heavy atom. The summed E-state index contributed by atoms with van der Waals surface area (Å²) >= 11 is 0. The van der Waals surface area contributed by atoms with Gasteiger partial charge in [0.2, 0.25) is 0 Å². The second-order valence-corrected chi connectivity index (χ2v) is 5.66. The fraction of sp³-hybridized carbons (Fsp3) is 0.368. The molecule has 0 saturated carbocycles. The van der Waals surface area contributed by atoms with E-state index in [1.54, 1.807) is 0 Å². The van der Waals surface area contributed by atoms with E-state index in [2.05, 4.69) is 12.2 Å². The molecule has 0 saturated heterocycles. The highest BCUT2D eigenvalue weighted by molar-refractivity contribution is 5.27. The predicted molar refractivity (Wildman–Crippen MR) is 91.6 cm³/mol. The number of ether oxygens (including phenoxy) is 1. The van der Waals surface area contributed by atoms with Crippen LogP contribution in [0.3, 0.4) is 0 Å². The Balaban J connectivity index is 1.77. The molecule has 0 spiro atoms. The Morgan fingerprint density at radius 1 is 1.04 bits per heavy atom. The third-order valence-corrected chi connectivity index (χ3v) is 3.67. The molecule has 0 aliphatic heterocycles. The Kier molecular flexibility index (Phi) is 7.07. The highest BCUT2D eigenvalue weighted by Gasteiger charge is 2.09. The molecule has 0 radical (unpaired) electrons. The molecular weight excluding hydrogens is 290 g/mol. The van der Waals surface area contributed by atoms with Crippen molar-refractivity contribution >= 4 is 0 Å². The van der Waals surface area contributed by atoms with E-state index >= 15 is 0 Å². The maximum absolute atomic E-state index is 10.2. The topological polar surface area (TPSA) is 61.7 Å². The van der Waals surface area contributed by atoms with E-state index in [-0.39, 0.29) is 12.6 Å². The summed E-state index contributed by atoms with van der Waals surface area (Å²) in [7, 11) is 0. The van der Waals surface area contributed by atoms with E-state index in [0.717, 1.165) is 17.7 Å². The minimum atomic E-state index is -0.493. The molecule has 124 valence electrons. The number of aliphatic hydroxyl groups is 2. The quantitative estimate of drug-likeness (QED) is 0.664. The largest absolute Gasteiger partial charge is 0.491 e.